The Balaban J connectivity index is 0.000000162. The van der Waals surface area contributed by atoms with Gasteiger partial charge in [0.2, 0.25) is 0 Å². The Morgan fingerprint density at radius 2 is 0.932 bits per heavy atom. The van der Waals surface area contributed by atoms with E-state index in [0.29, 0.717) is 72.8 Å². The molecule has 0 spiro atoms. The summed E-state index contributed by atoms with van der Waals surface area (Å²) in [6.07, 6.45) is 1.57. The number of rotatable bonds is 18. The normalized spacial score (nSPS) is 18.0. The number of halogens is 4. The van der Waals surface area contributed by atoms with Crippen molar-refractivity contribution in [3.63, 3.8) is 0 Å². The van der Waals surface area contributed by atoms with Crippen molar-refractivity contribution in [2.45, 2.75) is 113 Å². The first kappa shape index (κ1) is 78.5. The minimum atomic E-state index is -0.468. The van der Waals surface area contributed by atoms with Crippen LogP contribution in [0.4, 0.5) is 0 Å². The summed E-state index contributed by atoms with van der Waals surface area (Å²) < 4.78 is 1.67. The summed E-state index contributed by atoms with van der Waals surface area (Å²) in [5.74, 6) is 3.92. The fourth-order valence-electron chi connectivity index (χ4n) is 13.2. The Morgan fingerprint density at radius 3 is 1.35 bits per heavy atom. The van der Waals surface area contributed by atoms with Gasteiger partial charge in [-0.05, 0) is 140 Å². The minimum Gasteiger partial charge on any atom is -0.346 e. The lowest BCUT2D eigenvalue weighted by molar-refractivity contribution is 0.0949. The fraction of sp³-hybridized carbons (Fsp3) is 0.372. The number of nitrogens with one attached hydrogen (secondary N) is 4. The van der Waals surface area contributed by atoms with Crippen molar-refractivity contribution < 1.29 is 9.59 Å². The van der Waals surface area contributed by atoms with Gasteiger partial charge >= 0.3 is 0 Å². The van der Waals surface area contributed by atoms with E-state index >= 15 is 0 Å². The summed E-state index contributed by atoms with van der Waals surface area (Å²) in [6.45, 7) is 30.5. The highest BCUT2D eigenvalue weighted by Crippen LogP contribution is 2.34. The van der Waals surface area contributed by atoms with Gasteiger partial charge in [-0.3, -0.25) is 38.7 Å². The summed E-state index contributed by atoms with van der Waals surface area (Å²) in [5, 5.41) is 25.3. The van der Waals surface area contributed by atoms with Crippen molar-refractivity contribution in [2.24, 2.45) is 23.5 Å². The molecule has 10 aromatic rings. The maximum Gasteiger partial charge on any atom is 0.276 e. The Kier molecular flexibility index (Phi) is 28.8. The summed E-state index contributed by atoms with van der Waals surface area (Å²) in [5.41, 5.74) is 14.0. The van der Waals surface area contributed by atoms with E-state index in [4.69, 9.17) is 57.2 Å². The number of hydrogen-bond donors (Lipinski definition) is 5. The Morgan fingerprint density at radius 1 is 0.524 bits per heavy atom. The molecule has 542 valence electrons. The van der Waals surface area contributed by atoms with Gasteiger partial charge in [0.15, 0.2) is 11.3 Å². The second-order valence-electron chi connectivity index (χ2n) is 26.6. The molecule has 21 nitrogen and oxygen atoms in total. The zero-order valence-electron chi connectivity index (χ0n) is 59.8. The van der Waals surface area contributed by atoms with Crippen molar-refractivity contribution in [2.75, 3.05) is 58.9 Å². The second-order valence-corrected chi connectivity index (χ2v) is 28.3. The van der Waals surface area contributed by atoms with Crippen molar-refractivity contribution in [1.29, 1.82) is 0 Å². The standard InChI is InChI=1S/C24H26ClN5O2.C24H24ClN5O.C16H21N5O.C8H6Cl2O.C6H15N/c1-15-8-9-18(25)10-19(15)23(31)26-11-21-24(32)27-22(29-28-21)20-14-30(12-16(20)2)13-17-6-4-3-5-7-17;1-15-8-9-18(25)10-19(15)23-26-11-21-24(31)27-22(28-30(21)23)20-14-29(12-16(20)2)13-17-6-4-3-5-7-17;1-11-8-21(9-12-5-3-2-4-6-12)10-13(11)15-18-16(22)14(7-17)19-20-15;1-5-2-3-6(9)4-7(5)8(10)11;1-4-7(5-2)6-3/h3-10,16,20H,11-14H2,1-2H3,(H,26,31)(H,27,29,32);3-11,16,20H,12-14H2,1-2H3,(H,27,28,31);2-6,11,13H,7-10,17H2,1H3,(H,18,20,22);2-4H,1H3;4-6H2,1-3H3. The lowest BCUT2D eigenvalue weighted by Crippen LogP contribution is -2.30. The van der Waals surface area contributed by atoms with E-state index < -0.39 is 5.24 Å². The van der Waals surface area contributed by atoms with Crippen LogP contribution in [0.1, 0.15) is 142 Å². The maximum atomic E-state index is 12.8. The summed E-state index contributed by atoms with van der Waals surface area (Å²) in [4.78, 5) is 83.3. The number of amides is 1. The van der Waals surface area contributed by atoms with Crippen LogP contribution in [0, 0.1) is 38.5 Å². The highest BCUT2D eigenvalue weighted by atomic mass is 35.5. The number of fused-ring (bicyclic) bond motifs is 1. The van der Waals surface area contributed by atoms with Gasteiger partial charge in [-0.2, -0.15) is 5.10 Å². The number of H-pyrrole nitrogens is 3. The van der Waals surface area contributed by atoms with Gasteiger partial charge in [-0.1, -0.05) is 186 Å². The molecule has 0 radical (unpaired) electrons. The van der Waals surface area contributed by atoms with Crippen LogP contribution in [0.25, 0.3) is 16.9 Å². The first-order valence-corrected chi connectivity index (χ1v) is 36.4. The van der Waals surface area contributed by atoms with E-state index in [1.807, 2.05) is 69.3 Å². The molecule has 0 saturated carbocycles. The first-order valence-electron chi connectivity index (χ1n) is 34.9. The zero-order chi connectivity index (χ0) is 73.9. The molecule has 0 aliphatic carbocycles. The summed E-state index contributed by atoms with van der Waals surface area (Å²) in [7, 11) is 0. The Bertz CT molecular complexity index is 4630. The molecule has 6 atom stereocenters. The van der Waals surface area contributed by atoms with Crippen LogP contribution < -0.4 is 27.7 Å². The first-order chi connectivity index (χ1) is 49.5. The number of carbonyl (C=O) groups excluding carboxylic acids is 2. The van der Waals surface area contributed by atoms with Crippen LogP contribution in [0.15, 0.2) is 166 Å². The second kappa shape index (κ2) is 37.7. The predicted octanol–water partition coefficient (Wildman–Crippen LogP) is 12.8. The third-order valence-electron chi connectivity index (χ3n) is 19.1. The van der Waals surface area contributed by atoms with Crippen LogP contribution in [0.3, 0.4) is 0 Å². The van der Waals surface area contributed by atoms with Gasteiger partial charge in [0, 0.05) is 115 Å². The molecule has 6 N–H and O–H groups in total. The highest BCUT2D eigenvalue weighted by Gasteiger charge is 2.36. The van der Waals surface area contributed by atoms with Crippen LogP contribution in [0.2, 0.25) is 15.1 Å². The van der Waals surface area contributed by atoms with Crippen LogP contribution in [0.5, 0.6) is 0 Å². The molecule has 0 bridgehead atoms. The van der Waals surface area contributed by atoms with Gasteiger partial charge in [0.1, 0.15) is 28.9 Å². The third kappa shape index (κ3) is 21.5. The third-order valence-corrected chi connectivity index (χ3v) is 20.0. The van der Waals surface area contributed by atoms with E-state index in [9.17, 15) is 24.0 Å². The molecule has 1 amide bonds. The lowest BCUT2D eigenvalue weighted by atomic mass is 9.97. The molecule has 103 heavy (non-hydrogen) atoms. The van der Waals surface area contributed by atoms with Crippen LogP contribution in [-0.2, 0) is 32.7 Å². The van der Waals surface area contributed by atoms with E-state index in [1.54, 1.807) is 47.1 Å². The monoisotopic (exact) mass is 1470 g/mol. The highest BCUT2D eigenvalue weighted by molar-refractivity contribution is 6.68. The molecule has 25 heteroatoms. The average Bonchev–Trinajstić information content (AvgIpc) is 1.64. The molecule has 3 aliphatic heterocycles. The Hall–Kier alpha value is -8.61. The number of imidazole rings is 1. The quantitative estimate of drug-likeness (QED) is 0.0500. The van der Waals surface area contributed by atoms with Crippen molar-refractivity contribution in [3.8, 4) is 11.4 Å². The largest absolute Gasteiger partial charge is 0.346 e. The topological polar surface area (TPSA) is 265 Å². The number of benzene rings is 6. The number of hydrogen-bond acceptors (Lipinski definition) is 16. The summed E-state index contributed by atoms with van der Waals surface area (Å²) >= 11 is 23.1. The van der Waals surface area contributed by atoms with E-state index in [-0.39, 0.29) is 64.8 Å². The van der Waals surface area contributed by atoms with Crippen LogP contribution >= 0.6 is 46.4 Å². The number of likely N-dealkylation sites (tertiary alicyclic amines) is 3. The van der Waals surface area contributed by atoms with Crippen molar-refractivity contribution in [1.82, 2.24) is 74.9 Å². The minimum absolute atomic E-state index is 0.00620. The molecule has 4 aromatic heterocycles. The Labute approximate surface area is 621 Å². The molecule has 6 aromatic carbocycles. The molecule has 3 aliphatic rings. The molecule has 3 saturated heterocycles. The van der Waals surface area contributed by atoms with E-state index in [2.05, 4.69) is 167 Å². The van der Waals surface area contributed by atoms with Crippen molar-refractivity contribution >= 4 is 63.1 Å². The SMILES string of the molecule is CC1CN(Cc2ccccc2)CC1c1nnc(CN)c(=O)[nH]1.CCN(CC)CC.Cc1ccc(Cl)cc1-c1ncc2c(=O)[nH]c(C3CN(Cc4ccccc4)CC3C)nn12.Cc1ccc(Cl)cc1C(=O)Cl.Cc1ccc(Cl)cc1C(=O)NCc1nnc(C2CN(Cc3ccccc3)CC2C)[nH]c1=O. The molecular formula is C78H92Cl4N16O5. The van der Waals surface area contributed by atoms with Gasteiger partial charge in [0.05, 0.1) is 12.7 Å². The van der Waals surface area contributed by atoms with Gasteiger partial charge in [-0.15, -0.1) is 20.4 Å². The maximum absolute atomic E-state index is 12.8. The smallest absolute Gasteiger partial charge is 0.276 e. The number of aromatic nitrogens is 10. The number of aromatic amines is 3. The van der Waals surface area contributed by atoms with Gasteiger partial charge in [-0.25, -0.2) is 9.50 Å². The number of nitrogens with zero attached hydrogens (tertiary/aromatic N) is 11. The molecule has 7 heterocycles. The molecular weight excluding hydrogens is 1380 g/mol. The summed E-state index contributed by atoms with van der Waals surface area (Å²) in [6, 6.07) is 47.0. The van der Waals surface area contributed by atoms with E-state index in [0.717, 1.165) is 81.2 Å². The van der Waals surface area contributed by atoms with Gasteiger partial charge < -0.3 is 30.9 Å². The average molecular weight is 1480 g/mol. The number of aryl methyl sites for hydroxylation is 3. The van der Waals surface area contributed by atoms with Crippen molar-refractivity contribution in [3.05, 3.63) is 271 Å². The van der Waals surface area contributed by atoms with Crippen LogP contribution in [-0.4, -0.2) is 140 Å². The van der Waals surface area contributed by atoms with Gasteiger partial charge in [0.25, 0.3) is 27.8 Å². The number of carbonyl (C=O) groups is 2. The molecule has 6 unspecified atom stereocenters. The lowest BCUT2D eigenvalue weighted by Gasteiger charge is -2.16. The fourth-order valence-corrected chi connectivity index (χ4v) is 13.9. The predicted molar refractivity (Wildman–Crippen MR) is 410 cm³/mol. The van der Waals surface area contributed by atoms with E-state index in [1.165, 1.54) is 36.3 Å². The molecule has 13 rings (SSSR count). The molecule has 3 fully saturated rings. The zero-order valence-corrected chi connectivity index (χ0v) is 62.9. The number of nitrogens with two attached hydrogens (primary N) is 1.